The number of amides is 3. The topological polar surface area (TPSA) is 125 Å². The number of nitrogens with one attached hydrogen (secondary N) is 1. The Morgan fingerprint density at radius 1 is 1.13 bits per heavy atom. The number of esters is 1. The Morgan fingerprint density at radius 2 is 1.85 bits per heavy atom. The van der Waals surface area contributed by atoms with Gasteiger partial charge in [0.1, 0.15) is 17.7 Å². The first-order valence-corrected chi connectivity index (χ1v) is 19.1. The summed E-state index contributed by atoms with van der Waals surface area (Å²) in [7, 11) is 0. The maximum Gasteiger partial charge on any atom is 0.313 e. The smallest absolute Gasteiger partial charge is 0.313 e. The van der Waals surface area contributed by atoms with Gasteiger partial charge < -0.3 is 29.7 Å². The molecule has 0 saturated carbocycles. The van der Waals surface area contributed by atoms with Crippen molar-refractivity contribution in [3.05, 3.63) is 90.5 Å². The fraction of sp³-hybridized carbons (Fsp3) is 0.512. The van der Waals surface area contributed by atoms with Crippen molar-refractivity contribution in [2.75, 3.05) is 18.1 Å². The number of aliphatic hydroxyl groups excluding tert-OH is 1. The minimum atomic E-state index is -1.37. The highest BCUT2D eigenvalue weighted by molar-refractivity contribution is 9.09. The van der Waals surface area contributed by atoms with Gasteiger partial charge in [-0.2, -0.15) is 0 Å². The molecule has 1 spiro atoms. The Morgan fingerprint density at radius 3 is 2.48 bits per heavy atom. The number of aryl methyl sites for hydroxylation is 2. The van der Waals surface area contributed by atoms with Gasteiger partial charge in [0.25, 0.3) is 5.91 Å². The second-order valence-corrected chi connectivity index (χ2v) is 16.0. The zero-order chi connectivity index (χ0) is 37.9. The summed E-state index contributed by atoms with van der Waals surface area (Å²) in [5.74, 6) is -3.62. The van der Waals surface area contributed by atoms with Crippen molar-refractivity contribution >= 4 is 45.3 Å². The van der Waals surface area contributed by atoms with Crippen LogP contribution in [0.2, 0.25) is 0 Å². The third-order valence-electron chi connectivity index (χ3n) is 10.6. The molecule has 3 amide bonds. The van der Waals surface area contributed by atoms with Crippen LogP contribution in [0.3, 0.4) is 0 Å². The Labute approximate surface area is 315 Å². The molecular formula is C41H52BrN3O7. The minimum absolute atomic E-state index is 0.0960. The molecule has 3 heterocycles. The fourth-order valence-electron chi connectivity index (χ4n) is 8.36. The van der Waals surface area contributed by atoms with Gasteiger partial charge in [-0.05, 0) is 68.7 Å². The van der Waals surface area contributed by atoms with Gasteiger partial charge in [-0.1, -0.05) is 84.4 Å². The Kier molecular flexibility index (Phi) is 12.5. The van der Waals surface area contributed by atoms with Crippen molar-refractivity contribution in [3.8, 4) is 0 Å². The maximum absolute atomic E-state index is 15.1. The third-order valence-corrected chi connectivity index (χ3v) is 11.4. The standard InChI is InChI=1S/C41H52BrN3O7/c1-8-10-16-32(47)43-27(7)35(28-14-12-11-13-15-28)51-40(50)33-34-38(48)45(29(23-46)20-24(3)4)37(41(34)22-30(42)36(33)52-41)39(49)44(19-9-2)31-21-25(5)17-18-26(31)6/h8-9,11-15,17-18,21,24,27,29-30,33-37,46H,1-2,10,16,19-20,22-23H2,3-7H3,(H,43,47)/t27-,29-,30?,33-,34+,35-,36-,37-,41+/m1/s1. The number of halogens is 1. The first kappa shape index (κ1) is 39.4. The number of anilines is 1. The van der Waals surface area contributed by atoms with Gasteiger partial charge in [-0.25, -0.2) is 0 Å². The molecule has 0 radical (unpaired) electrons. The summed E-state index contributed by atoms with van der Waals surface area (Å²) in [5, 5.41) is 13.7. The van der Waals surface area contributed by atoms with Crippen LogP contribution in [0, 0.1) is 31.6 Å². The molecule has 0 aromatic heterocycles. The minimum Gasteiger partial charge on any atom is -0.455 e. The van der Waals surface area contributed by atoms with E-state index in [-0.39, 0.29) is 42.1 Å². The van der Waals surface area contributed by atoms with Gasteiger partial charge in [-0.15, -0.1) is 13.2 Å². The van der Waals surface area contributed by atoms with Crippen LogP contribution in [0.5, 0.6) is 0 Å². The molecule has 5 rings (SSSR count). The number of hydrogen-bond acceptors (Lipinski definition) is 7. The number of carbonyl (C=O) groups excluding carboxylic acids is 4. The molecule has 52 heavy (non-hydrogen) atoms. The molecule has 2 aromatic carbocycles. The quantitative estimate of drug-likeness (QED) is 0.127. The second kappa shape index (κ2) is 16.5. The zero-order valence-electron chi connectivity index (χ0n) is 30.8. The molecule has 2 aromatic rings. The summed E-state index contributed by atoms with van der Waals surface area (Å²) in [6, 6.07) is 12.6. The van der Waals surface area contributed by atoms with E-state index in [0.29, 0.717) is 30.5 Å². The molecule has 9 atom stereocenters. The number of benzene rings is 2. The van der Waals surface area contributed by atoms with Crippen LogP contribution in [-0.4, -0.2) is 81.5 Å². The molecule has 2 N–H and O–H groups in total. The first-order valence-electron chi connectivity index (χ1n) is 18.2. The average molecular weight is 779 g/mol. The van der Waals surface area contributed by atoms with Gasteiger partial charge in [0, 0.05) is 23.5 Å². The lowest BCUT2D eigenvalue weighted by Gasteiger charge is -2.40. The fourth-order valence-corrected chi connectivity index (χ4v) is 9.31. The zero-order valence-corrected chi connectivity index (χ0v) is 32.4. The van der Waals surface area contributed by atoms with Gasteiger partial charge in [-0.3, -0.25) is 19.2 Å². The molecule has 3 aliphatic heterocycles. The van der Waals surface area contributed by atoms with E-state index in [4.69, 9.17) is 9.47 Å². The maximum atomic E-state index is 15.1. The van der Waals surface area contributed by atoms with Crippen LogP contribution in [0.15, 0.2) is 73.8 Å². The van der Waals surface area contributed by atoms with E-state index < -0.39 is 59.6 Å². The number of carbonyl (C=O) groups is 4. The van der Waals surface area contributed by atoms with Crippen molar-refractivity contribution in [3.63, 3.8) is 0 Å². The molecule has 280 valence electrons. The molecule has 3 saturated heterocycles. The SMILES string of the molecule is C=CCCC(=O)N[C@H](C)[C@@H](OC(=O)[C@H]1[C@@H]2O[C@@]3(CC2Br)[C@@H]1C(=O)N([C@@H](CO)CC(C)C)[C@@H]3C(=O)N(CC=C)c1cc(C)ccc1C)c1ccccc1. The van der Waals surface area contributed by atoms with Crippen LogP contribution >= 0.6 is 15.9 Å². The highest BCUT2D eigenvalue weighted by atomic mass is 79.9. The van der Waals surface area contributed by atoms with Crippen LogP contribution in [0.4, 0.5) is 5.69 Å². The van der Waals surface area contributed by atoms with Gasteiger partial charge in [0.15, 0.2) is 0 Å². The monoisotopic (exact) mass is 777 g/mol. The summed E-state index contributed by atoms with van der Waals surface area (Å²) >= 11 is 3.76. The number of fused-ring (bicyclic) bond motifs is 1. The average Bonchev–Trinajstić information content (AvgIpc) is 3.71. The molecule has 2 bridgehead atoms. The highest BCUT2D eigenvalue weighted by Crippen LogP contribution is 2.61. The molecular weight excluding hydrogens is 726 g/mol. The predicted octanol–water partition coefficient (Wildman–Crippen LogP) is 5.73. The number of likely N-dealkylation sites (tertiary alicyclic amines) is 1. The first-order chi connectivity index (χ1) is 24.8. The summed E-state index contributed by atoms with van der Waals surface area (Å²) in [6.45, 7) is 17.1. The number of rotatable bonds is 16. The summed E-state index contributed by atoms with van der Waals surface area (Å²) in [6.07, 6.45) is 3.19. The predicted molar refractivity (Wildman–Crippen MR) is 204 cm³/mol. The van der Waals surface area contributed by atoms with E-state index in [2.05, 4.69) is 34.4 Å². The third kappa shape index (κ3) is 7.50. The van der Waals surface area contributed by atoms with Crippen LogP contribution in [0.25, 0.3) is 0 Å². The van der Waals surface area contributed by atoms with Crippen molar-refractivity contribution < 1.29 is 33.8 Å². The summed E-state index contributed by atoms with van der Waals surface area (Å²) in [5.41, 5.74) is 1.84. The van der Waals surface area contributed by atoms with Gasteiger partial charge in [0.05, 0.1) is 36.6 Å². The number of allylic oxidation sites excluding steroid dienone is 1. The van der Waals surface area contributed by atoms with E-state index in [9.17, 15) is 19.5 Å². The number of aliphatic hydroxyl groups is 1. The molecule has 1 unspecified atom stereocenters. The van der Waals surface area contributed by atoms with Crippen molar-refractivity contribution in [2.45, 2.75) is 101 Å². The van der Waals surface area contributed by atoms with E-state index in [0.717, 1.165) is 11.1 Å². The van der Waals surface area contributed by atoms with Crippen molar-refractivity contribution in [1.29, 1.82) is 0 Å². The van der Waals surface area contributed by atoms with E-state index in [1.54, 1.807) is 24.0 Å². The number of hydrogen-bond donors (Lipinski definition) is 2. The summed E-state index contributed by atoms with van der Waals surface area (Å²) < 4.78 is 13.1. The van der Waals surface area contributed by atoms with E-state index in [1.807, 2.05) is 76.2 Å². The highest BCUT2D eigenvalue weighted by Gasteiger charge is 2.77. The second-order valence-electron chi connectivity index (χ2n) is 14.9. The number of alkyl halides is 1. The van der Waals surface area contributed by atoms with Crippen molar-refractivity contribution in [1.82, 2.24) is 10.2 Å². The van der Waals surface area contributed by atoms with Gasteiger partial charge >= 0.3 is 5.97 Å². The normalized spacial score (nSPS) is 26.4. The molecule has 11 heteroatoms. The lowest BCUT2D eigenvalue weighted by Crippen LogP contribution is -2.59. The lowest BCUT2D eigenvalue weighted by atomic mass is 9.70. The van der Waals surface area contributed by atoms with Gasteiger partial charge in [0.2, 0.25) is 11.8 Å². The Hall–Kier alpha value is -3.80. The van der Waals surface area contributed by atoms with Crippen LogP contribution < -0.4 is 10.2 Å². The summed E-state index contributed by atoms with van der Waals surface area (Å²) in [4.78, 5) is 60.2. The molecule has 0 aliphatic carbocycles. The number of ether oxygens (including phenoxy) is 2. The largest absolute Gasteiger partial charge is 0.455 e. The lowest BCUT2D eigenvalue weighted by molar-refractivity contribution is -0.162. The van der Waals surface area contributed by atoms with Crippen LogP contribution in [-0.2, 0) is 28.7 Å². The van der Waals surface area contributed by atoms with E-state index >= 15 is 4.79 Å². The molecule has 3 fully saturated rings. The Bertz CT molecular complexity index is 1670. The van der Waals surface area contributed by atoms with Crippen LogP contribution in [0.1, 0.15) is 69.2 Å². The Balaban J connectivity index is 1.57. The molecule has 10 nitrogen and oxygen atoms in total. The number of nitrogens with zero attached hydrogens (tertiary/aromatic N) is 2. The molecule has 3 aliphatic rings. The van der Waals surface area contributed by atoms with E-state index in [1.165, 1.54) is 4.90 Å². The van der Waals surface area contributed by atoms with Crippen molar-refractivity contribution in [2.24, 2.45) is 17.8 Å².